The highest BCUT2D eigenvalue weighted by Crippen LogP contribution is 2.32. The maximum atomic E-state index is 13.1. The van der Waals surface area contributed by atoms with Crippen LogP contribution in [0.5, 0.6) is 0 Å². The minimum atomic E-state index is -0.673. The van der Waals surface area contributed by atoms with E-state index in [1.165, 1.54) is 18.2 Å². The van der Waals surface area contributed by atoms with Crippen LogP contribution < -0.4 is 4.90 Å². The third kappa shape index (κ3) is 3.75. The standard InChI is InChI=1S/C26H19N3O5/c1-15-8-9-16(2)21(12-15)29-24(30)19-11-10-18(13-20(19)25(29)31)26(32)33-14-22-27-23(28-34-22)17-6-4-3-5-7-17/h3-13H,14H2,1-2H3. The van der Waals surface area contributed by atoms with Gasteiger partial charge < -0.3 is 9.26 Å². The summed E-state index contributed by atoms with van der Waals surface area (Å²) < 4.78 is 10.4. The number of ether oxygens (including phenoxy) is 1. The van der Waals surface area contributed by atoms with Gasteiger partial charge in [-0.1, -0.05) is 47.6 Å². The number of benzene rings is 3. The number of esters is 1. The molecule has 0 unspecified atom stereocenters. The van der Waals surface area contributed by atoms with Crippen LogP contribution in [0.25, 0.3) is 11.4 Å². The smallest absolute Gasteiger partial charge is 0.338 e. The molecule has 0 aliphatic carbocycles. The highest BCUT2D eigenvalue weighted by molar-refractivity contribution is 6.35. The monoisotopic (exact) mass is 453 g/mol. The molecule has 1 aromatic heterocycles. The molecule has 8 nitrogen and oxygen atoms in total. The molecule has 0 spiro atoms. The maximum Gasteiger partial charge on any atom is 0.338 e. The highest BCUT2D eigenvalue weighted by atomic mass is 16.6. The van der Waals surface area contributed by atoms with Crippen molar-refractivity contribution in [3.05, 3.63) is 100 Å². The number of nitrogens with zero attached hydrogens (tertiary/aromatic N) is 3. The van der Waals surface area contributed by atoms with Gasteiger partial charge in [-0.25, -0.2) is 9.69 Å². The molecule has 4 aromatic rings. The normalized spacial score (nSPS) is 12.7. The molecule has 2 amide bonds. The van der Waals surface area contributed by atoms with Gasteiger partial charge in [-0.3, -0.25) is 9.59 Å². The molecule has 1 aliphatic rings. The topological polar surface area (TPSA) is 103 Å². The number of carbonyl (C=O) groups is 3. The summed E-state index contributed by atoms with van der Waals surface area (Å²) in [4.78, 5) is 44.0. The number of amides is 2. The Morgan fingerprint density at radius 1 is 0.941 bits per heavy atom. The van der Waals surface area contributed by atoms with E-state index in [4.69, 9.17) is 9.26 Å². The summed E-state index contributed by atoms with van der Waals surface area (Å²) in [6.45, 7) is 3.50. The lowest BCUT2D eigenvalue weighted by Crippen LogP contribution is -2.30. The number of rotatable bonds is 5. The molecule has 0 bridgehead atoms. The highest BCUT2D eigenvalue weighted by Gasteiger charge is 2.38. The van der Waals surface area contributed by atoms with Crippen molar-refractivity contribution in [3.8, 4) is 11.4 Å². The maximum absolute atomic E-state index is 13.1. The Morgan fingerprint density at radius 3 is 2.50 bits per heavy atom. The van der Waals surface area contributed by atoms with E-state index in [9.17, 15) is 14.4 Å². The second kappa shape index (κ2) is 8.40. The predicted octanol–water partition coefficient (Wildman–Crippen LogP) is 4.51. The zero-order chi connectivity index (χ0) is 23.8. The first-order valence-electron chi connectivity index (χ1n) is 10.6. The molecular weight excluding hydrogens is 434 g/mol. The molecule has 0 radical (unpaired) electrons. The van der Waals surface area contributed by atoms with Gasteiger partial charge in [-0.05, 0) is 49.2 Å². The van der Waals surface area contributed by atoms with Crippen LogP contribution in [0, 0.1) is 13.8 Å². The first kappa shape index (κ1) is 21.3. The van der Waals surface area contributed by atoms with Crippen molar-refractivity contribution >= 4 is 23.5 Å². The van der Waals surface area contributed by atoms with E-state index in [0.29, 0.717) is 11.5 Å². The Morgan fingerprint density at radius 2 is 1.71 bits per heavy atom. The molecule has 168 valence electrons. The molecule has 0 N–H and O–H groups in total. The molecule has 0 saturated carbocycles. The van der Waals surface area contributed by atoms with Gasteiger partial charge in [0, 0.05) is 5.56 Å². The van der Waals surface area contributed by atoms with Crippen molar-refractivity contribution in [2.75, 3.05) is 4.90 Å². The van der Waals surface area contributed by atoms with Crippen LogP contribution in [0.15, 0.2) is 71.3 Å². The van der Waals surface area contributed by atoms with Crippen molar-refractivity contribution in [1.82, 2.24) is 10.1 Å². The number of carbonyl (C=O) groups excluding carboxylic acids is 3. The van der Waals surface area contributed by atoms with Crippen LogP contribution in [-0.2, 0) is 11.3 Å². The summed E-state index contributed by atoms with van der Waals surface area (Å²) >= 11 is 0. The quantitative estimate of drug-likeness (QED) is 0.323. The van der Waals surface area contributed by atoms with Gasteiger partial charge >= 0.3 is 5.97 Å². The van der Waals surface area contributed by atoms with Gasteiger partial charge in [-0.2, -0.15) is 4.98 Å². The summed E-state index contributed by atoms with van der Waals surface area (Å²) in [5.74, 6) is -1.05. The van der Waals surface area contributed by atoms with Gasteiger partial charge in [-0.15, -0.1) is 0 Å². The lowest BCUT2D eigenvalue weighted by atomic mass is 10.1. The Kier molecular flexibility index (Phi) is 5.25. The van der Waals surface area contributed by atoms with Crippen molar-refractivity contribution in [1.29, 1.82) is 0 Å². The number of fused-ring (bicyclic) bond motifs is 1. The molecule has 5 rings (SSSR count). The Labute approximate surface area is 194 Å². The van der Waals surface area contributed by atoms with Crippen molar-refractivity contribution in [3.63, 3.8) is 0 Å². The molecular formula is C26H19N3O5. The minimum absolute atomic E-state index is 0.140. The molecule has 3 aromatic carbocycles. The zero-order valence-corrected chi connectivity index (χ0v) is 18.4. The molecule has 34 heavy (non-hydrogen) atoms. The Balaban J connectivity index is 1.33. The van der Waals surface area contributed by atoms with Crippen LogP contribution in [-0.4, -0.2) is 27.9 Å². The fourth-order valence-corrected chi connectivity index (χ4v) is 3.78. The van der Waals surface area contributed by atoms with Crippen molar-refractivity contribution in [2.45, 2.75) is 20.5 Å². The van der Waals surface area contributed by atoms with E-state index in [1.54, 1.807) is 6.07 Å². The van der Waals surface area contributed by atoms with E-state index in [-0.39, 0.29) is 29.2 Å². The first-order valence-corrected chi connectivity index (χ1v) is 10.6. The summed E-state index contributed by atoms with van der Waals surface area (Å²) in [6, 6.07) is 19.1. The van der Waals surface area contributed by atoms with E-state index in [1.807, 2.05) is 56.3 Å². The fourth-order valence-electron chi connectivity index (χ4n) is 3.78. The fraction of sp³-hybridized carbons (Fsp3) is 0.115. The second-order valence-corrected chi connectivity index (χ2v) is 7.95. The van der Waals surface area contributed by atoms with Gasteiger partial charge in [0.05, 0.1) is 22.4 Å². The number of aryl methyl sites for hydroxylation is 2. The average Bonchev–Trinajstić information content (AvgIpc) is 3.42. The lowest BCUT2D eigenvalue weighted by molar-refractivity contribution is 0.0429. The largest absolute Gasteiger partial charge is 0.452 e. The lowest BCUT2D eigenvalue weighted by Gasteiger charge is -2.17. The third-order valence-corrected chi connectivity index (χ3v) is 5.55. The van der Waals surface area contributed by atoms with Crippen molar-refractivity contribution in [2.24, 2.45) is 0 Å². The van der Waals surface area contributed by atoms with Gasteiger partial charge in [0.25, 0.3) is 17.7 Å². The summed E-state index contributed by atoms with van der Waals surface area (Å²) in [6.07, 6.45) is 0. The molecule has 1 aliphatic heterocycles. The average molecular weight is 453 g/mol. The number of anilines is 1. The molecule has 2 heterocycles. The zero-order valence-electron chi connectivity index (χ0n) is 18.4. The van der Waals surface area contributed by atoms with Crippen LogP contribution in [0.2, 0.25) is 0 Å². The molecule has 0 fully saturated rings. The van der Waals surface area contributed by atoms with Crippen LogP contribution in [0.3, 0.4) is 0 Å². The SMILES string of the molecule is Cc1ccc(C)c(N2C(=O)c3ccc(C(=O)OCc4nc(-c5ccccc5)no4)cc3C2=O)c1. The van der Waals surface area contributed by atoms with Gasteiger partial charge in [0.2, 0.25) is 5.82 Å². The van der Waals surface area contributed by atoms with E-state index in [0.717, 1.165) is 21.6 Å². The molecule has 0 atom stereocenters. The Bertz CT molecular complexity index is 1440. The minimum Gasteiger partial charge on any atom is -0.452 e. The first-order chi connectivity index (χ1) is 16.4. The third-order valence-electron chi connectivity index (χ3n) is 5.55. The van der Waals surface area contributed by atoms with Crippen LogP contribution >= 0.6 is 0 Å². The van der Waals surface area contributed by atoms with E-state index >= 15 is 0 Å². The van der Waals surface area contributed by atoms with E-state index < -0.39 is 17.8 Å². The Hall–Kier alpha value is -4.59. The molecule has 0 saturated heterocycles. The summed E-state index contributed by atoms with van der Waals surface area (Å²) in [5, 5.41) is 3.89. The summed E-state index contributed by atoms with van der Waals surface area (Å²) in [7, 11) is 0. The van der Waals surface area contributed by atoms with Crippen LogP contribution in [0.1, 0.15) is 48.1 Å². The van der Waals surface area contributed by atoms with E-state index in [2.05, 4.69) is 10.1 Å². The second-order valence-electron chi connectivity index (χ2n) is 7.95. The van der Waals surface area contributed by atoms with Gasteiger partial charge in [0.15, 0.2) is 6.61 Å². The number of hydrogen-bond acceptors (Lipinski definition) is 7. The van der Waals surface area contributed by atoms with Gasteiger partial charge in [0.1, 0.15) is 0 Å². The van der Waals surface area contributed by atoms with Crippen LogP contribution in [0.4, 0.5) is 5.69 Å². The number of aromatic nitrogens is 2. The number of imide groups is 1. The molecule has 8 heteroatoms. The predicted molar refractivity (Wildman–Crippen MR) is 122 cm³/mol. The van der Waals surface area contributed by atoms with Crippen molar-refractivity contribution < 1.29 is 23.6 Å². The number of hydrogen-bond donors (Lipinski definition) is 0. The summed E-state index contributed by atoms with van der Waals surface area (Å²) in [5.41, 5.74) is 3.58.